The maximum Gasteiger partial charge on any atom is 0.328 e. The predicted octanol–water partition coefficient (Wildman–Crippen LogP) is 3.49. The van der Waals surface area contributed by atoms with Crippen molar-refractivity contribution in [1.29, 1.82) is 0 Å². The van der Waals surface area contributed by atoms with E-state index in [1.165, 1.54) is 0 Å². The first-order valence-electron chi connectivity index (χ1n) is 14.4. The third-order valence-corrected chi connectivity index (χ3v) is 8.41. The maximum atomic E-state index is 12.5. The van der Waals surface area contributed by atoms with Crippen molar-refractivity contribution in [1.82, 2.24) is 21.3 Å². The number of hydrogen-bond acceptors (Lipinski definition) is 8. The Morgan fingerprint density at radius 2 is 0.913 bits per heavy atom. The van der Waals surface area contributed by atoms with E-state index in [0.717, 1.165) is 11.1 Å². The fourth-order valence-corrected chi connectivity index (χ4v) is 5.99. The van der Waals surface area contributed by atoms with E-state index in [1.807, 2.05) is 60.7 Å². The Kier molecular flexibility index (Phi) is 8.47. The molecule has 236 valence electrons. The van der Waals surface area contributed by atoms with Crippen LogP contribution in [0.5, 0.6) is 0 Å². The fraction of sp³-hybridized carbons (Fsp3) is 0.235. The molecule has 0 bridgehead atoms. The molecule has 12 nitrogen and oxygen atoms in total. The van der Waals surface area contributed by atoms with Crippen LogP contribution in [-0.4, -0.2) is 47.9 Å². The topological polar surface area (TPSA) is 169 Å². The summed E-state index contributed by atoms with van der Waals surface area (Å²) in [4.78, 5) is 72.8. The highest BCUT2D eigenvalue weighted by Crippen LogP contribution is 2.48. The lowest BCUT2D eigenvalue weighted by molar-refractivity contribution is -0.143. The highest BCUT2D eigenvalue weighted by molar-refractivity contribution is 6.22. The molecule has 46 heavy (non-hydrogen) atoms. The second-order valence-corrected chi connectivity index (χ2v) is 11.1. The zero-order valence-corrected chi connectivity index (χ0v) is 25.2. The molecule has 4 saturated heterocycles. The minimum absolute atomic E-state index is 0.112. The van der Waals surface area contributed by atoms with Crippen LogP contribution in [0.1, 0.15) is 37.8 Å². The first-order chi connectivity index (χ1) is 22.0. The quantitative estimate of drug-likeness (QED) is 0.296. The Morgan fingerprint density at radius 3 is 1.20 bits per heavy atom. The van der Waals surface area contributed by atoms with Gasteiger partial charge < -0.3 is 9.47 Å². The number of benzene rings is 2. The number of allylic oxidation sites excluding steroid dienone is 2. The van der Waals surface area contributed by atoms with E-state index in [-0.39, 0.29) is 24.4 Å². The fourth-order valence-electron chi connectivity index (χ4n) is 5.99. The molecule has 4 heterocycles. The molecule has 2 aromatic rings. The van der Waals surface area contributed by atoms with Crippen molar-refractivity contribution in [2.24, 2.45) is 10.8 Å². The number of hydrogen-bond donors (Lipinski definition) is 4. The smallest absolute Gasteiger partial charge is 0.328 e. The number of carbonyl (C=O) groups is 6. The van der Waals surface area contributed by atoms with Crippen LogP contribution in [0.25, 0.3) is 11.1 Å². The second-order valence-electron chi connectivity index (χ2n) is 11.1. The average Bonchev–Trinajstić information content (AvgIpc) is 3.65. The molecule has 4 aliphatic heterocycles. The van der Waals surface area contributed by atoms with Crippen molar-refractivity contribution in [2.45, 2.75) is 38.9 Å². The molecule has 0 aromatic heterocycles. The lowest BCUT2D eigenvalue weighted by atomic mass is 9.77. The number of rotatable bonds is 4. The number of urea groups is 2. The number of nitrogens with one attached hydrogen (secondary N) is 4. The third-order valence-electron chi connectivity index (χ3n) is 8.41. The van der Waals surface area contributed by atoms with Crippen molar-refractivity contribution in [2.75, 3.05) is 0 Å². The van der Waals surface area contributed by atoms with E-state index in [4.69, 9.17) is 9.47 Å². The van der Waals surface area contributed by atoms with Crippen molar-refractivity contribution >= 4 is 46.8 Å². The number of imide groups is 4. The zero-order chi connectivity index (χ0) is 33.2. The van der Waals surface area contributed by atoms with Crippen molar-refractivity contribution < 1.29 is 38.2 Å². The van der Waals surface area contributed by atoms with Crippen LogP contribution in [0.15, 0.2) is 97.5 Å². The number of ether oxygens (including phenoxy) is 2. The molecule has 0 aliphatic carbocycles. The first kappa shape index (κ1) is 31.6. The van der Waals surface area contributed by atoms with Gasteiger partial charge in [0.1, 0.15) is 23.7 Å². The molecule has 12 heteroatoms. The van der Waals surface area contributed by atoms with E-state index in [9.17, 15) is 28.8 Å². The molecule has 2 spiro atoms. The lowest BCUT2D eigenvalue weighted by Gasteiger charge is -2.30. The summed E-state index contributed by atoms with van der Waals surface area (Å²) in [5.74, 6) is -2.14. The minimum Gasteiger partial charge on any atom is -0.489 e. The number of barbiturate groups is 2. The van der Waals surface area contributed by atoms with E-state index in [0.29, 0.717) is 11.1 Å². The Hall–Kier alpha value is -5.78. The largest absolute Gasteiger partial charge is 0.489 e. The Balaban J connectivity index is 0.000000181. The molecule has 6 rings (SSSR count). The summed E-state index contributed by atoms with van der Waals surface area (Å²) >= 11 is 0. The predicted molar refractivity (Wildman–Crippen MR) is 166 cm³/mol. The summed E-state index contributed by atoms with van der Waals surface area (Å²) in [6, 6.07) is 17.0. The second kappa shape index (κ2) is 12.3. The molecule has 4 fully saturated rings. The van der Waals surface area contributed by atoms with Gasteiger partial charge in [-0.3, -0.25) is 40.4 Å². The molecule has 8 amide bonds. The molecule has 0 saturated carbocycles. The van der Waals surface area contributed by atoms with Gasteiger partial charge in [-0.25, -0.2) is 9.59 Å². The minimum atomic E-state index is -1.55. The summed E-state index contributed by atoms with van der Waals surface area (Å²) in [5.41, 5.74) is -0.0725. The Labute approximate surface area is 264 Å². The van der Waals surface area contributed by atoms with Gasteiger partial charge in [-0.1, -0.05) is 86.0 Å². The van der Waals surface area contributed by atoms with Crippen LogP contribution in [0.3, 0.4) is 0 Å². The van der Waals surface area contributed by atoms with Crippen LogP contribution in [-0.2, 0) is 28.7 Å². The summed E-state index contributed by atoms with van der Waals surface area (Å²) in [5, 5.41) is 8.66. The zero-order valence-electron chi connectivity index (χ0n) is 25.2. The van der Waals surface area contributed by atoms with Crippen LogP contribution in [0.2, 0.25) is 0 Å². The van der Waals surface area contributed by atoms with Crippen LogP contribution in [0, 0.1) is 10.8 Å². The maximum absolute atomic E-state index is 12.5. The molecule has 2 aromatic carbocycles. The summed E-state index contributed by atoms with van der Waals surface area (Å²) in [6.45, 7) is 10.9. The SMILES string of the molecule is C=C[C@@H]1CC2(C(=O)NC(=O)NC2=O)/C(=C(\C)c2ccccc2)O1.C=C[C@@H]1CC2(C(=O)NC(=O)NC2=O)/C(=C(\C)c2ccccc2)O1. The molecule has 4 N–H and O–H groups in total. The number of amides is 8. The van der Waals surface area contributed by atoms with Crippen LogP contribution >= 0.6 is 0 Å². The van der Waals surface area contributed by atoms with Gasteiger partial charge in [0, 0.05) is 12.8 Å². The normalized spacial score (nSPS) is 24.7. The van der Waals surface area contributed by atoms with Crippen molar-refractivity contribution in [3.63, 3.8) is 0 Å². The van der Waals surface area contributed by atoms with Crippen molar-refractivity contribution in [3.05, 3.63) is 109 Å². The summed E-state index contributed by atoms with van der Waals surface area (Å²) in [6.07, 6.45) is 2.36. The van der Waals surface area contributed by atoms with Gasteiger partial charge >= 0.3 is 12.1 Å². The van der Waals surface area contributed by atoms with E-state index >= 15 is 0 Å². The molecular formula is C34H32N4O8. The van der Waals surface area contributed by atoms with Crippen LogP contribution in [0.4, 0.5) is 9.59 Å². The van der Waals surface area contributed by atoms with Gasteiger partial charge in [0.25, 0.3) is 23.6 Å². The first-order valence-corrected chi connectivity index (χ1v) is 14.4. The Bertz CT molecular complexity index is 1560. The molecular weight excluding hydrogens is 592 g/mol. The van der Waals surface area contributed by atoms with Gasteiger partial charge in [0.15, 0.2) is 10.8 Å². The molecule has 0 radical (unpaired) electrons. The highest BCUT2D eigenvalue weighted by atomic mass is 16.5. The highest BCUT2D eigenvalue weighted by Gasteiger charge is 2.61. The lowest BCUT2D eigenvalue weighted by Crippen LogP contribution is -2.62. The monoisotopic (exact) mass is 624 g/mol. The van der Waals surface area contributed by atoms with E-state index in [2.05, 4.69) is 34.4 Å². The van der Waals surface area contributed by atoms with E-state index in [1.54, 1.807) is 26.0 Å². The summed E-state index contributed by atoms with van der Waals surface area (Å²) in [7, 11) is 0. The molecule has 2 atom stereocenters. The van der Waals surface area contributed by atoms with Gasteiger partial charge in [-0.2, -0.15) is 0 Å². The van der Waals surface area contributed by atoms with Crippen molar-refractivity contribution in [3.8, 4) is 0 Å². The molecule has 0 unspecified atom stereocenters. The van der Waals surface area contributed by atoms with Gasteiger partial charge in [-0.15, -0.1) is 0 Å². The standard InChI is InChI=1S/2C17H16N2O4/c2*1-3-12-9-17(14(20)18-16(22)19-15(17)21)13(23-12)10(2)11-7-5-4-6-8-11/h2*3-8,12H,1,9H2,2H3,(H2,18,19,20,21,22)/b2*13-10-/t2*12-/m11/s1. The van der Waals surface area contributed by atoms with Gasteiger partial charge in [0.05, 0.1) is 0 Å². The third kappa shape index (κ3) is 5.27. The van der Waals surface area contributed by atoms with Gasteiger partial charge in [-0.05, 0) is 36.1 Å². The number of carbonyl (C=O) groups excluding carboxylic acids is 6. The van der Waals surface area contributed by atoms with Gasteiger partial charge in [0.2, 0.25) is 0 Å². The van der Waals surface area contributed by atoms with Crippen LogP contribution < -0.4 is 21.3 Å². The average molecular weight is 625 g/mol. The van der Waals surface area contributed by atoms with E-state index < -0.39 is 58.7 Å². The molecule has 4 aliphatic rings. The summed E-state index contributed by atoms with van der Waals surface area (Å²) < 4.78 is 11.6. The Morgan fingerprint density at radius 1 is 0.609 bits per heavy atom.